The fraction of sp³-hybridized carbons (Fsp3) is 0.571. The topological polar surface area (TPSA) is 23.5 Å². The minimum absolute atomic E-state index is 0.262. The van der Waals surface area contributed by atoms with Crippen molar-refractivity contribution in [3.05, 3.63) is 34.9 Å². The molecule has 1 aromatic rings. The van der Waals surface area contributed by atoms with Gasteiger partial charge in [-0.15, -0.1) is 0 Å². The van der Waals surface area contributed by atoms with Crippen LogP contribution in [0.1, 0.15) is 38.4 Å². The van der Waals surface area contributed by atoms with Crippen LogP contribution in [0.25, 0.3) is 0 Å². The lowest BCUT2D eigenvalue weighted by molar-refractivity contribution is 0.00138. The number of hydrogen-bond donors (Lipinski definition) is 1. The van der Waals surface area contributed by atoms with Gasteiger partial charge in [-0.2, -0.15) is 0 Å². The highest BCUT2D eigenvalue weighted by atomic mass is 35.5. The van der Waals surface area contributed by atoms with Crippen LogP contribution in [0.15, 0.2) is 24.3 Å². The van der Waals surface area contributed by atoms with Gasteiger partial charge in [0, 0.05) is 16.1 Å². The molecule has 0 aromatic heterocycles. The Labute approximate surface area is 108 Å². The molecule has 2 rings (SSSR count). The molecule has 0 aliphatic carbocycles. The smallest absolute Gasteiger partial charge is 0.0982 e. The summed E-state index contributed by atoms with van der Waals surface area (Å²) in [7, 11) is 0. The van der Waals surface area contributed by atoms with E-state index in [1.165, 1.54) is 12.8 Å². The predicted molar refractivity (Wildman–Crippen MR) is 71.3 cm³/mol. The third kappa shape index (κ3) is 2.49. The van der Waals surface area contributed by atoms with Crippen LogP contribution in [-0.2, 0) is 0 Å². The van der Waals surface area contributed by atoms with E-state index in [0.717, 1.165) is 18.7 Å². The molecule has 1 aliphatic rings. The number of benzene rings is 1. The molecule has 1 atom stereocenters. The normalized spacial score (nSPS) is 19.5. The largest absolute Gasteiger partial charge is 0.386 e. The minimum atomic E-state index is -0.547. The first-order valence-corrected chi connectivity index (χ1v) is 6.59. The Bertz CT molecular complexity index is 386. The van der Waals surface area contributed by atoms with Crippen molar-refractivity contribution in [1.82, 2.24) is 4.90 Å². The van der Waals surface area contributed by atoms with Gasteiger partial charge in [-0.3, -0.25) is 4.90 Å². The molecule has 1 N–H and O–H groups in total. The van der Waals surface area contributed by atoms with Crippen molar-refractivity contribution in [1.29, 1.82) is 0 Å². The molecule has 1 aromatic carbocycles. The fourth-order valence-corrected chi connectivity index (χ4v) is 2.78. The lowest BCUT2D eigenvalue weighted by Crippen LogP contribution is -2.46. The number of aliphatic hydroxyl groups excluding tert-OH is 1. The molecule has 3 heteroatoms. The van der Waals surface area contributed by atoms with Crippen LogP contribution in [0.5, 0.6) is 0 Å². The van der Waals surface area contributed by atoms with Crippen LogP contribution >= 0.6 is 11.6 Å². The van der Waals surface area contributed by atoms with Crippen LogP contribution in [0.2, 0.25) is 5.02 Å². The van der Waals surface area contributed by atoms with Gasteiger partial charge >= 0.3 is 0 Å². The molecule has 94 valence electrons. The summed E-state index contributed by atoms with van der Waals surface area (Å²) < 4.78 is 0. The van der Waals surface area contributed by atoms with Crippen molar-refractivity contribution < 1.29 is 5.11 Å². The summed E-state index contributed by atoms with van der Waals surface area (Å²) in [4.78, 5) is 2.35. The molecule has 0 radical (unpaired) electrons. The zero-order valence-electron chi connectivity index (χ0n) is 10.5. The van der Waals surface area contributed by atoms with E-state index < -0.39 is 6.10 Å². The van der Waals surface area contributed by atoms with Crippen LogP contribution in [-0.4, -0.2) is 28.6 Å². The second-order valence-corrected chi connectivity index (χ2v) is 5.68. The van der Waals surface area contributed by atoms with Crippen LogP contribution in [0.4, 0.5) is 0 Å². The average molecular weight is 254 g/mol. The minimum Gasteiger partial charge on any atom is -0.386 e. The van der Waals surface area contributed by atoms with E-state index in [-0.39, 0.29) is 5.54 Å². The highest BCUT2D eigenvalue weighted by Crippen LogP contribution is 2.36. The van der Waals surface area contributed by atoms with Crippen molar-refractivity contribution in [3.8, 4) is 0 Å². The molecular weight excluding hydrogens is 234 g/mol. The molecule has 0 bridgehead atoms. The molecule has 1 unspecified atom stereocenters. The highest BCUT2D eigenvalue weighted by molar-refractivity contribution is 6.31. The van der Waals surface area contributed by atoms with E-state index in [9.17, 15) is 5.11 Å². The number of rotatable bonds is 3. The van der Waals surface area contributed by atoms with Gasteiger partial charge in [0.2, 0.25) is 0 Å². The van der Waals surface area contributed by atoms with Crippen molar-refractivity contribution in [3.63, 3.8) is 0 Å². The number of likely N-dealkylation sites (tertiary alicyclic amines) is 1. The van der Waals surface area contributed by atoms with E-state index >= 15 is 0 Å². The number of nitrogens with zero attached hydrogens (tertiary/aromatic N) is 1. The second-order valence-electron chi connectivity index (χ2n) is 5.27. The molecular formula is C14H20ClNO. The van der Waals surface area contributed by atoms with Gasteiger partial charge in [0.15, 0.2) is 0 Å². The number of halogens is 1. The Morgan fingerprint density at radius 3 is 2.41 bits per heavy atom. The number of hydrogen-bond acceptors (Lipinski definition) is 2. The second kappa shape index (κ2) is 4.97. The molecule has 2 nitrogen and oxygen atoms in total. The third-order valence-electron chi connectivity index (χ3n) is 3.79. The quantitative estimate of drug-likeness (QED) is 0.894. The fourth-order valence-electron chi connectivity index (χ4n) is 2.54. The predicted octanol–water partition coefficient (Wildman–Crippen LogP) is 3.25. The first-order chi connectivity index (χ1) is 8.03. The average Bonchev–Trinajstić information content (AvgIpc) is 2.83. The van der Waals surface area contributed by atoms with Crippen molar-refractivity contribution >= 4 is 11.6 Å². The molecule has 0 saturated carbocycles. The van der Waals surface area contributed by atoms with Gasteiger partial charge in [-0.1, -0.05) is 29.8 Å². The van der Waals surface area contributed by atoms with Gasteiger partial charge in [0.05, 0.1) is 6.10 Å². The summed E-state index contributed by atoms with van der Waals surface area (Å²) in [5.74, 6) is 0. The molecule has 17 heavy (non-hydrogen) atoms. The van der Waals surface area contributed by atoms with Gasteiger partial charge < -0.3 is 5.11 Å². The molecule has 1 fully saturated rings. The van der Waals surface area contributed by atoms with E-state index in [1.807, 2.05) is 24.3 Å². The molecule has 0 spiro atoms. The lowest BCUT2D eigenvalue weighted by Gasteiger charge is -2.39. The van der Waals surface area contributed by atoms with Crippen LogP contribution < -0.4 is 0 Å². The Hall–Kier alpha value is -0.570. The summed E-state index contributed by atoms with van der Waals surface area (Å²) in [5, 5.41) is 11.2. The van der Waals surface area contributed by atoms with Crippen molar-refractivity contribution in [2.45, 2.75) is 38.3 Å². The summed E-state index contributed by atoms with van der Waals surface area (Å²) in [6.45, 7) is 6.31. The summed E-state index contributed by atoms with van der Waals surface area (Å²) in [6.07, 6.45) is 1.89. The maximum atomic E-state index is 10.6. The van der Waals surface area contributed by atoms with Crippen LogP contribution in [0.3, 0.4) is 0 Å². The maximum Gasteiger partial charge on any atom is 0.0982 e. The van der Waals surface area contributed by atoms with Gasteiger partial charge in [-0.05, 0) is 45.8 Å². The summed E-state index contributed by atoms with van der Waals surface area (Å²) >= 11 is 6.15. The van der Waals surface area contributed by atoms with Crippen molar-refractivity contribution in [2.75, 3.05) is 13.1 Å². The third-order valence-corrected chi connectivity index (χ3v) is 4.13. The van der Waals surface area contributed by atoms with Gasteiger partial charge in [-0.25, -0.2) is 0 Å². The summed E-state index contributed by atoms with van der Waals surface area (Å²) in [5.41, 5.74) is 0.563. The monoisotopic (exact) mass is 253 g/mol. The Balaban J connectivity index is 2.24. The van der Waals surface area contributed by atoms with E-state index in [2.05, 4.69) is 18.7 Å². The SMILES string of the molecule is CC(C)(C(O)c1ccccc1Cl)N1CCCC1. The molecule has 0 amide bonds. The van der Waals surface area contributed by atoms with Gasteiger partial charge in [0.1, 0.15) is 0 Å². The maximum absolute atomic E-state index is 10.6. The standard InChI is InChI=1S/C14H20ClNO/c1-14(2,16-9-5-6-10-16)13(17)11-7-3-4-8-12(11)15/h3-4,7-8,13,17H,5-6,9-10H2,1-2H3. The molecule has 1 heterocycles. The van der Waals surface area contributed by atoms with E-state index in [1.54, 1.807) is 0 Å². The van der Waals surface area contributed by atoms with E-state index in [0.29, 0.717) is 5.02 Å². The zero-order valence-corrected chi connectivity index (χ0v) is 11.2. The first kappa shape index (κ1) is 12.9. The van der Waals surface area contributed by atoms with Crippen molar-refractivity contribution in [2.24, 2.45) is 0 Å². The van der Waals surface area contributed by atoms with E-state index in [4.69, 9.17) is 11.6 Å². The number of aliphatic hydroxyl groups is 1. The first-order valence-electron chi connectivity index (χ1n) is 6.21. The Kier molecular flexibility index (Phi) is 3.76. The summed E-state index contributed by atoms with van der Waals surface area (Å²) in [6, 6.07) is 7.55. The highest BCUT2D eigenvalue weighted by Gasteiger charge is 2.37. The van der Waals surface area contributed by atoms with Gasteiger partial charge in [0.25, 0.3) is 0 Å². The molecule has 1 aliphatic heterocycles. The molecule has 1 saturated heterocycles. The lowest BCUT2D eigenvalue weighted by atomic mass is 9.89. The van der Waals surface area contributed by atoms with Crippen LogP contribution in [0, 0.1) is 0 Å². The zero-order chi connectivity index (χ0) is 12.5. The Morgan fingerprint density at radius 2 is 1.82 bits per heavy atom. The Morgan fingerprint density at radius 1 is 1.24 bits per heavy atom.